The van der Waals surface area contributed by atoms with E-state index in [2.05, 4.69) is 25.8 Å². The van der Waals surface area contributed by atoms with E-state index < -0.39 is 0 Å². The van der Waals surface area contributed by atoms with Gasteiger partial charge >= 0.3 is 0 Å². The van der Waals surface area contributed by atoms with E-state index >= 15 is 0 Å². The van der Waals surface area contributed by atoms with Gasteiger partial charge in [0, 0.05) is 40.6 Å². The topological polar surface area (TPSA) is 41.6 Å². The number of thioether (sulfide) groups is 1. The van der Waals surface area contributed by atoms with Crippen molar-refractivity contribution in [3.05, 3.63) is 33.3 Å². The fraction of sp³-hybridized carbons (Fsp3) is 0.462. The van der Waals surface area contributed by atoms with E-state index in [1.165, 1.54) is 5.56 Å². The maximum atomic E-state index is 6.01. The highest BCUT2D eigenvalue weighted by Gasteiger charge is 2.11. The van der Waals surface area contributed by atoms with Crippen molar-refractivity contribution in [3.63, 3.8) is 0 Å². The zero-order chi connectivity index (χ0) is 13.7. The summed E-state index contributed by atoms with van der Waals surface area (Å²) < 4.78 is 1.07. The predicted octanol–water partition coefficient (Wildman–Crippen LogP) is 3.63. The number of benzene rings is 1. The standard InChI is InChI=1S/C13H17BrClN3S.HI/c14-12-2-1-11(15)9-10(12)3-4-17-13(16)18-5-7-19-8-6-18;/h1-2,9H,3-8H2,(H2,16,17);1H. The number of hydrogen-bond acceptors (Lipinski definition) is 2. The third-order valence-electron chi connectivity index (χ3n) is 3.00. The van der Waals surface area contributed by atoms with E-state index in [9.17, 15) is 0 Å². The molecule has 2 N–H and O–H groups in total. The summed E-state index contributed by atoms with van der Waals surface area (Å²) in [6.45, 7) is 2.69. The van der Waals surface area contributed by atoms with Gasteiger partial charge < -0.3 is 10.6 Å². The number of hydrogen-bond donors (Lipinski definition) is 1. The minimum Gasteiger partial charge on any atom is -0.370 e. The predicted molar refractivity (Wildman–Crippen MR) is 104 cm³/mol. The van der Waals surface area contributed by atoms with Crippen LogP contribution in [0.2, 0.25) is 5.02 Å². The van der Waals surface area contributed by atoms with Crippen molar-refractivity contribution in [3.8, 4) is 0 Å². The van der Waals surface area contributed by atoms with Crippen molar-refractivity contribution in [2.75, 3.05) is 31.1 Å². The summed E-state index contributed by atoms with van der Waals surface area (Å²) in [4.78, 5) is 6.62. The molecule has 20 heavy (non-hydrogen) atoms. The van der Waals surface area contributed by atoms with Crippen molar-refractivity contribution in [2.24, 2.45) is 10.7 Å². The van der Waals surface area contributed by atoms with Crippen LogP contribution in [-0.2, 0) is 6.42 Å². The highest BCUT2D eigenvalue weighted by Crippen LogP contribution is 2.21. The van der Waals surface area contributed by atoms with Crippen molar-refractivity contribution < 1.29 is 0 Å². The lowest BCUT2D eigenvalue weighted by atomic mass is 10.1. The van der Waals surface area contributed by atoms with Gasteiger partial charge in [0.15, 0.2) is 5.96 Å². The van der Waals surface area contributed by atoms with E-state index in [1.54, 1.807) is 0 Å². The van der Waals surface area contributed by atoms with Gasteiger partial charge in [0.2, 0.25) is 0 Å². The van der Waals surface area contributed by atoms with Crippen LogP contribution in [0.3, 0.4) is 0 Å². The molecule has 0 amide bonds. The molecule has 0 aliphatic carbocycles. The van der Waals surface area contributed by atoms with Crippen molar-refractivity contribution in [1.29, 1.82) is 0 Å². The van der Waals surface area contributed by atoms with Gasteiger partial charge in [-0.2, -0.15) is 11.8 Å². The minimum absolute atomic E-state index is 0. The highest BCUT2D eigenvalue weighted by molar-refractivity contribution is 14.0. The molecule has 1 heterocycles. The van der Waals surface area contributed by atoms with Gasteiger partial charge in [-0.15, -0.1) is 24.0 Å². The second-order valence-corrected chi connectivity index (χ2v) is 6.84. The Labute approximate surface area is 154 Å². The molecule has 1 fully saturated rings. The average Bonchev–Trinajstić information content (AvgIpc) is 2.43. The first-order valence-electron chi connectivity index (χ1n) is 6.23. The summed E-state index contributed by atoms with van der Waals surface area (Å²) in [7, 11) is 0. The Morgan fingerprint density at radius 3 is 2.80 bits per heavy atom. The summed E-state index contributed by atoms with van der Waals surface area (Å²) in [5.74, 6) is 2.94. The monoisotopic (exact) mass is 489 g/mol. The van der Waals surface area contributed by atoms with Gasteiger partial charge in [-0.05, 0) is 30.2 Å². The van der Waals surface area contributed by atoms with E-state index in [0.29, 0.717) is 12.5 Å². The van der Waals surface area contributed by atoms with Crippen molar-refractivity contribution in [1.82, 2.24) is 4.90 Å². The first-order chi connectivity index (χ1) is 9.16. The van der Waals surface area contributed by atoms with Gasteiger partial charge in [0.05, 0.1) is 0 Å². The molecule has 1 aromatic rings. The first-order valence-corrected chi connectivity index (χ1v) is 8.56. The number of halogens is 3. The average molecular weight is 491 g/mol. The van der Waals surface area contributed by atoms with Gasteiger partial charge in [-0.25, -0.2) is 0 Å². The summed E-state index contributed by atoms with van der Waals surface area (Å²) in [6.07, 6.45) is 0.838. The van der Waals surface area contributed by atoms with Gasteiger partial charge in [0.25, 0.3) is 0 Å². The SMILES string of the molecule is I.NC(=NCCc1cc(Cl)ccc1Br)N1CCSCC1. The Balaban J connectivity index is 0.00000200. The normalized spacial score (nSPS) is 15.9. The fourth-order valence-corrected chi connectivity index (χ4v) is 3.46. The molecule has 1 aromatic carbocycles. The van der Waals surface area contributed by atoms with E-state index in [0.717, 1.165) is 40.5 Å². The third kappa shape index (κ3) is 5.61. The maximum Gasteiger partial charge on any atom is 0.191 e. The summed E-state index contributed by atoms with van der Waals surface area (Å²) >= 11 is 11.5. The van der Waals surface area contributed by atoms with Crippen molar-refractivity contribution in [2.45, 2.75) is 6.42 Å². The van der Waals surface area contributed by atoms with Crippen LogP contribution in [0.25, 0.3) is 0 Å². The van der Waals surface area contributed by atoms with E-state index in [4.69, 9.17) is 17.3 Å². The van der Waals surface area contributed by atoms with Crippen LogP contribution >= 0.6 is 63.3 Å². The van der Waals surface area contributed by atoms with Gasteiger partial charge in [-0.1, -0.05) is 27.5 Å². The number of nitrogens with zero attached hydrogens (tertiary/aromatic N) is 2. The molecule has 0 spiro atoms. The maximum absolute atomic E-state index is 6.01. The number of aliphatic imine (C=N–C) groups is 1. The Morgan fingerprint density at radius 1 is 1.40 bits per heavy atom. The highest BCUT2D eigenvalue weighted by atomic mass is 127. The third-order valence-corrected chi connectivity index (χ3v) is 4.95. The largest absolute Gasteiger partial charge is 0.370 e. The summed E-state index contributed by atoms with van der Waals surface area (Å²) in [6, 6.07) is 5.81. The minimum atomic E-state index is 0. The molecule has 7 heteroatoms. The molecule has 1 aliphatic heterocycles. The lowest BCUT2D eigenvalue weighted by Crippen LogP contribution is -2.42. The van der Waals surface area contributed by atoms with Crippen molar-refractivity contribution >= 4 is 69.2 Å². The summed E-state index contributed by atoms with van der Waals surface area (Å²) in [5.41, 5.74) is 7.17. The quantitative estimate of drug-likeness (QED) is 0.400. The second-order valence-electron chi connectivity index (χ2n) is 4.33. The van der Waals surface area contributed by atoms with E-state index in [-0.39, 0.29) is 24.0 Å². The molecule has 3 nitrogen and oxygen atoms in total. The molecular formula is C13H18BrClIN3S. The molecular weight excluding hydrogens is 472 g/mol. The molecule has 0 unspecified atom stereocenters. The molecule has 0 atom stereocenters. The lowest BCUT2D eigenvalue weighted by molar-refractivity contribution is 0.456. The Kier molecular flexibility index (Phi) is 8.62. The molecule has 0 bridgehead atoms. The van der Waals surface area contributed by atoms with Crippen LogP contribution in [0.1, 0.15) is 5.56 Å². The lowest BCUT2D eigenvalue weighted by Gasteiger charge is -2.27. The van der Waals surface area contributed by atoms with Gasteiger partial charge in [0.1, 0.15) is 0 Å². The number of guanidine groups is 1. The summed E-state index contributed by atoms with van der Waals surface area (Å²) in [5, 5.41) is 0.753. The first kappa shape index (κ1) is 18.4. The van der Waals surface area contributed by atoms with Crippen LogP contribution in [0, 0.1) is 0 Å². The molecule has 0 aromatic heterocycles. The van der Waals surface area contributed by atoms with Crippen LogP contribution in [0.15, 0.2) is 27.7 Å². The molecule has 112 valence electrons. The zero-order valence-corrected chi connectivity index (χ0v) is 16.5. The molecule has 1 saturated heterocycles. The van der Waals surface area contributed by atoms with Gasteiger partial charge in [-0.3, -0.25) is 4.99 Å². The molecule has 2 rings (SSSR count). The van der Waals surface area contributed by atoms with Crippen LogP contribution in [0.5, 0.6) is 0 Å². The molecule has 0 saturated carbocycles. The molecule has 0 radical (unpaired) electrons. The van der Waals surface area contributed by atoms with Crippen LogP contribution in [-0.4, -0.2) is 42.0 Å². The molecule has 1 aliphatic rings. The van der Waals surface area contributed by atoms with E-state index in [1.807, 2.05) is 30.0 Å². The number of rotatable bonds is 3. The Hall–Kier alpha value is 0.340. The Morgan fingerprint density at radius 2 is 2.10 bits per heavy atom. The second kappa shape index (κ2) is 9.38. The zero-order valence-electron chi connectivity index (χ0n) is 11.0. The number of nitrogens with two attached hydrogens (primary N) is 1. The Bertz CT molecular complexity index is 467. The smallest absolute Gasteiger partial charge is 0.191 e. The van der Waals surface area contributed by atoms with Crippen LogP contribution in [0.4, 0.5) is 0 Å². The fourth-order valence-electron chi connectivity index (χ4n) is 1.92. The van der Waals surface area contributed by atoms with Crippen LogP contribution < -0.4 is 5.73 Å².